The summed E-state index contributed by atoms with van der Waals surface area (Å²) in [4.78, 5) is 4.06. The van der Waals surface area contributed by atoms with E-state index in [2.05, 4.69) is 10.3 Å². The second kappa shape index (κ2) is 5.80. The third-order valence-electron chi connectivity index (χ3n) is 3.18. The zero-order valence-corrected chi connectivity index (χ0v) is 11.3. The van der Waals surface area contributed by atoms with Gasteiger partial charge in [-0.05, 0) is 37.2 Å². The lowest BCUT2D eigenvalue weighted by Gasteiger charge is -2.20. The van der Waals surface area contributed by atoms with E-state index < -0.39 is 0 Å². The Morgan fingerprint density at radius 2 is 2.05 bits per heavy atom. The van der Waals surface area contributed by atoms with E-state index in [-0.39, 0.29) is 11.9 Å². The molecular weight excluding hydrogens is 243 g/mol. The minimum atomic E-state index is -0.282. The normalized spacial score (nSPS) is 12.2. The van der Waals surface area contributed by atoms with Crippen molar-refractivity contribution in [2.45, 2.75) is 13.0 Å². The molecule has 0 bridgehead atoms. The lowest BCUT2D eigenvalue weighted by atomic mass is 9.96. The number of aryl methyl sites for hydroxylation is 1. The molecule has 1 unspecified atom stereocenters. The fourth-order valence-electron chi connectivity index (χ4n) is 2.16. The Bertz CT molecular complexity index is 572. The number of nitrogens with zero attached hydrogens (tertiary/aromatic N) is 1. The number of nitrogens with one attached hydrogen (secondary N) is 1. The van der Waals surface area contributed by atoms with E-state index in [1.165, 1.54) is 13.2 Å². The molecular formula is C15H17FN2O. The Labute approximate surface area is 112 Å². The van der Waals surface area contributed by atoms with Crippen LogP contribution in [0.2, 0.25) is 0 Å². The van der Waals surface area contributed by atoms with Gasteiger partial charge in [-0.1, -0.05) is 6.07 Å². The van der Waals surface area contributed by atoms with Crippen LogP contribution < -0.4 is 10.1 Å². The molecule has 19 heavy (non-hydrogen) atoms. The molecule has 0 spiro atoms. The summed E-state index contributed by atoms with van der Waals surface area (Å²) in [5, 5.41) is 3.15. The molecule has 0 saturated heterocycles. The molecule has 1 heterocycles. The van der Waals surface area contributed by atoms with Crippen molar-refractivity contribution in [3.05, 3.63) is 59.2 Å². The summed E-state index contributed by atoms with van der Waals surface area (Å²) < 4.78 is 19.2. The van der Waals surface area contributed by atoms with Gasteiger partial charge in [-0.3, -0.25) is 4.98 Å². The molecule has 2 rings (SSSR count). The molecule has 2 aromatic rings. The van der Waals surface area contributed by atoms with E-state index in [1.54, 1.807) is 24.5 Å². The first-order valence-electron chi connectivity index (χ1n) is 6.08. The van der Waals surface area contributed by atoms with Crippen LogP contribution in [0.15, 0.2) is 36.7 Å². The molecule has 0 saturated carbocycles. The van der Waals surface area contributed by atoms with Gasteiger partial charge in [-0.2, -0.15) is 0 Å². The SMILES string of the molecule is CNC(c1ccncc1C)c1ccc(OC)cc1F. The van der Waals surface area contributed by atoms with Crippen molar-refractivity contribution in [1.82, 2.24) is 10.3 Å². The fraction of sp³-hybridized carbons (Fsp3) is 0.267. The third kappa shape index (κ3) is 2.74. The molecule has 0 fully saturated rings. The Morgan fingerprint density at radius 1 is 1.26 bits per heavy atom. The van der Waals surface area contributed by atoms with E-state index >= 15 is 0 Å². The van der Waals surface area contributed by atoms with Gasteiger partial charge in [-0.25, -0.2) is 4.39 Å². The quantitative estimate of drug-likeness (QED) is 0.918. The number of halogens is 1. The number of hydrogen-bond acceptors (Lipinski definition) is 3. The van der Waals surface area contributed by atoms with Gasteiger partial charge in [0, 0.05) is 24.0 Å². The van der Waals surface area contributed by atoms with Crippen LogP contribution in [0, 0.1) is 12.7 Å². The molecule has 100 valence electrons. The highest BCUT2D eigenvalue weighted by molar-refractivity contribution is 5.38. The van der Waals surface area contributed by atoms with Crippen molar-refractivity contribution in [2.75, 3.05) is 14.2 Å². The highest BCUT2D eigenvalue weighted by Crippen LogP contribution is 2.28. The maximum Gasteiger partial charge on any atom is 0.132 e. The zero-order chi connectivity index (χ0) is 13.8. The van der Waals surface area contributed by atoms with Crippen LogP contribution in [0.1, 0.15) is 22.7 Å². The minimum Gasteiger partial charge on any atom is -0.497 e. The monoisotopic (exact) mass is 260 g/mol. The van der Waals surface area contributed by atoms with Crippen LogP contribution in [0.5, 0.6) is 5.75 Å². The Morgan fingerprint density at radius 3 is 2.63 bits per heavy atom. The largest absolute Gasteiger partial charge is 0.497 e. The Hall–Kier alpha value is -1.94. The van der Waals surface area contributed by atoms with Crippen LogP contribution in [0.4, 0.5) is 4.39 Å². The van der Waals surface area contributed by atoms with E-state index in [4.69, 9.17) is 4.74 Å². The molecule has 1 aromatic carbocycles. The first-order chi connectivity index (χ1) is 9.17. The number of methoxy groups -OCH3 is 1. The number of rotatable bonds is 4. The lowest BCUT2D eigenvalue weighted by Crippen LogP contribution is -2.20. The first-order valence-corrected chi connectivity index (χ1v) is 6.08. The molecule has 0 radical (unpaired) electrons. The number of hydrogen-bond donors (Lipinski definition) is 1. The molecule has 0 aliphatic rings. The van der Waals surface area contributed by atoms with Crippen LogP contribution in [-0.2, 0) is 0 Å². The second-order valence-corrected chi connectivity index (χ2v) is 4.34. The average molecular weight is 260 g/mol. The molecule has 0 aliphatic carbocycles. The molecule has 4 heteroatoms. The van der Waals surface area contributed by atoms with Gasteiger partial charge in [0.25, 0.3) is 0 Å². The van der Waals surface area contributed by atoms with Gasteiger partial charge < -0.3 is 10.1 Å². The lowest BCUT2D eigenvalue weighted by molar-refractivity contribution is 0.410. The minimum absolute atomic E-state index is 0.200. The Kier molecular flexibility index (Phi) is 4.12. The summed E-state index contributed by atoms with van der Waals surface area (Å²) in [6, 6.07) is 6.61. The van der Waals surface area contributed by atoms with Gasteiger partial charge in [0.2, 0.25) is 0 Å². The topological polar surface area (TPSA) is 34.2 Å². The van der Waals surface area contributed by atoms with Crippen molar-refractivity contribution >= 4 is 0 Å². The summed E-state index contributed by atoms with van der Waals surface area (Å²) in [6.07, 6.45) is 3.50. The van der Waals surface area contributed by atoms with Crippen molar-refractivity contribution < 1.29 is 9.13 Å². The third-order valence-corrected chi connectivity index (χ3v) is 3.18. The summed E-state index contributed by atoms with van der Waals surface area (Å²) in [6.45, 7) is 1.97. The second-order valence-electron chi connectivity index (χ2n) is 4.34. The number of benzene rings is 1. The van der Waals surface area contributed by atoms with E-state index in [9.17, 15) is 4.39 Å². The number of ether oxygens (including phenoxy) is 1. The van der Waals surface area contributed by atoms with E-state index in [0.717, 1.165) is 11.1 Å². The predicted molar refractivity (Wildman–Crippen MR) is 72.8 cm³/mol. The van der Waals surface area contributed by atoms with Crippen LogP contribution >= 0.6 is 0 Å². The highest BCUT2D eigenvalue weighted by atomic mass is 19.1. The van der Waals surface area contributed by atoms with Gasteiger partial charge >= 0.3 is 0 Å². The van der Waals surface area contributed by atoms with Gasteiger partial charge in [0.1, 0.15) is 11.6 Å². The van der Waals surface area contributed by atoms with Crippen molar-refractivity contribution in [3.63, 3.8) is 0 Å². The fourth-order valence-corrected chi connectivity index (χ4v) is 2.16. The molecule has 1 atom stereocenters. The molecule has 1 N–H and O–H groups in total. The maximum absolute atomic E-state index is 14.2. The molecule has 0 aliphatic heterocycles. The standard InChI is InChI=1S/C15H17FN2O/c1-10-9-18-7-6-12(10)15(17-2)13-5-4-11(19-3)8-14(13)16/h4-9,15,17H,1-3H3. The van der Waals surface area contributed by atoms with Crippen LogP contribution in [-0.4, -0.2) is 19.1 Å². The number of pyridine rings is 1. The smallest absolute Gasteiger partial charge is 0.132 e. The number of aromatic nitrogens is 1. The molecule has 0 amide bonds. The van der Waals surface area contributed by atoms with Gasteiger partial charge in [0.15, 0.2) is 0 Å². The van der Waals surface area contributed by atoms with Gasteiger partial charge in [0.05, 0.1) is 13.2 Å². The zero-order valence-electron chi connectivity index (χ0n) is 11.3. The van der Waals surface area contributed by atoms with Crippen molar-refractivity contribution in [1.29, 1.82) is 0 Å². The maximum atomic E-state index is 14.2. The predicted octanol–water partition coefficient (Wildman–Crippen LogP) is 2.85. The van der Waals surface area contributed by atoms with Crippen LogP contribution in [0.25, 0.3) is 0 Å². The van der Waals surface area contributed by atoms with Crippen LogP contribution in [0.3, 0.4) is 0 Å². The summed E-state index contributed by atoms with van der Waals surface area (Å²) in [7, 11) is 3.34. The summed E-state index contributed by atoms with van der Waals surface area (Å²) >= 11 is 0. The van der Waals surface area contributed by atoms with Gasteiger partial charge in [-0.15, -0.1) is 0 Å². The summed E-state index contributed by atoms with van der Waals surface area (Å²) in [5.41, 5.74) is 2.64. The summed E-state index contributed by atoms with van der Waals surface area (Å²) in [5.74, 6) is 0.234. The van der Waals surface area contributed by atoms with Crippen molar-refractivity contribution in [3.8, 4) is 5.75 Å². The highest BCUT2D eigenvalue weighted by Gasteiger charge is 2.18. The van der Waals surface area contributed by atoms with Crippen molar-refractivity contribution in [2.24, 2.45) is 0 Å². The average Bonchev–Trinajstić information content (AvgIpc) is 2.43. The van der Waals surface area contributed by atoms with E-state index in [1.807, 2.05) is 20.0 Å². The molecule has 1 aromatic heterocycles. The van der Waals surface area contributed by atoms with E-state index in [0.29, 0.717) is 11.3 Å². The first kappa shape index (κ1) is 13.5. The molecule has 3 nitrogen and oxygen atoms in total. The Balaban J connectivity index is 2.46.